The van der Waals surface area contributed by atoms with E-state index in [2.05, 4.69) is 17.2 Å². The van der Waals surface area contributed by atoms with E-state index in [1.807, 2.05) is 0 Å². The Morgan fingerprint density at radius 2 is 2.33 bits per heavy atom. The van der Waals surface area contributed by atoms with Crippen molar-refractivity contribution < 1.29 is 9.53 Å². The Labute approximate surface area is 129 Å². The van der Waals surface area contributed by atoms with Crippen molar-refractivity contribution in [2.75, 3.05) is 44.4 Å². The number of ether oxygens (including phenoxy) is 1. The van der Waals surface area contributed by atoms with Gasteiger partial charge in [0.25, 0.3) is 5.91 Å². The maximum Gasteiger partial charge on any atom is 0.267 e. The van der Waals surface area contributed by atoms with Crippen molar-refractivity contribution in [1.29, 1.82) is 0 Å². The van der Waals surface area contributed by atoms with Crippen LogP contribution in [-0.2, 0) is 4.74 Å². The maximum atomic E-state index is 12.3. The van der Waals surface area contributed by atoms with Gasteiger partial charge in [-0.15, -0.1) is 0 Å². The number of nitrogens with two attached hydrogens (primary N) is 1. The zero-order valence-electron chi connectivity index (χ0n) is 12.7. The smallest absolute Gasteiger partial charge is 0.267 e. The average molecular weight is 312 g/mol. The van der Waals surface area contributed by atoms with Crippen LogP contribution < -0.4 is 11.1 Å². The van der Waals surface area contributed by atoms with Crippen molar-refractivity contribution in [2.24, 2.45) is 5.92 Å². The molecule has 1 amide bonds. The molecule has 7 heteroatoms. The van der Waals surface area contributed by atoms with Crippen LogP contribution in [0.5, 0.6) is 0 Å². The highest BCUT2D eigenvalue weighted by molar-refractivity contribution is 7.18. The van der Waals surface area contributed by atoms with E-state index in [-0.39, 0.29) is 5.91 Å². The molecule has 1 heterocycles. The van der Waals surface area contributed by atoms with E-state index in [1.54, 1.807) is 11.9 Å². The van der Waals surface area contributed by atoms with Gasteiger partial charge in [0.1, 0.15) is 10.7 Å². The molecular formula is C14H24N4O2S. The number of amides is 1. The van der Waals surface area contributed by atoms with Gasteiger partial charge in [0.15, 0.2) is 5.13 Å². The van der Waals surface area contributed by atoms with E-state index >= 15 is 0 Å². The number of thiazole rings is 1. The van der Waals surface area contributed by atoms with Crippen LogP contribution in [0.4, 0.5) is 10.9 Å². The quantitative estimate of drug-likeness (QED) is 0.682. The first kappa shape index (κ1) is 16.0. The lowest BCUT2D eigenvalue weighted by Gasteiger charge is -2.16. The van der Waals surface area contributed by atoms with Crippen LogP contribution in [0, 0.1) is 5.92 Å². The molecule has 1 aliphatic carbocycles. The van der Waals surface area contributed by atoms with Crippen LogP contribution in [0.3, 0.4) is 0 Å². The molecule has 118 valence electrons. The lowest BCUT2D eigenvalue weighted by Crippen LogP contribution is -2.30. The third-order valence-corrected chi connectivity index (χ3v) is 4.36. The first-order valence-electron chi connectivity index (χ1n) is 7.45. The lowest BCUT2D eigenvalue weighted by atomic mass is 10.4. The van der Waals surface area contributed by atoms with E-state index in [0.29, 0.717) is 29.0 Å². The highest BCUT2D eigenvalue weighted by atomic mass is 32.1. The number of nitrogen functional groups attached to an aromatic ring is 1. The minimum absolute atomic E-state index is 0.0930. The second kappa shape index (κ2) is 7.61. The fourth-order valence-electron chi connectivity index (χ4n) is 1.80. The predicted molar refractivity (Wildman–Crippen MR) is 85.8 cm³/mol. The lowest BCUT2D eigenvalue weighted by molar-refractivity contribution is 0.0686. The van der Waals surface area contributed by atoms with Crippen LogP contribution in [0.2, 0.25) is 0 Å². The van der Waals surface area contributed by atoms with E-state index in [1.165, 1.54) is 24.2 Å². The Morgan fingerprint density at radius 3 is 3.00 bits per heavy atom. The van der Waals surface area contributed by atoms with Crippen molar-refractivity contribution in [3.05, 3.63) is 4.88 Å². The Balaban J connectivity index is 1.80. The number of carbonyl (C=O) groups is 1. The Hall–Kier alpha value is -1.34. The number of likely N-dealkylation sites (N-methyl/N-ethyl adjacent to an activating group) is 1. The molecular weight excluding hydrogens is 288 g/mol. The molecule has 2 rings (SSSR count). The summed E-state index contributed by atoms with van der Waals surface area (Å²) in [6.45, 7) is 4.85. The summed E-state index contributed by atoms with van der Waals surface area (Å²) in [5.41, 5.74) is 5.84. The summed E-state index contributed by atoms with van der Waals surface area (Å²) < 4.78 is 5.55. The fraction of sp³-hybridized carbons (Fsp3) is 0.714. The minimum Gasteiger partial charge on any atom is -0.382 e. The van der Waals surface area contributed by atoms with Crippen LogP contribution in [0.25, 0.3) is 0 Å². The third kappa shape index (κ3) is 4.86. The van der Waals surface area contributed by atoms with Gasteiger partial charge in [-0.2, -0.15) is 0 Å². The molecule has 1 aliphatic rings. The first-order valence-corrected chi connectivity index (χ1v) is 8.26. The molecule has 0 aliphatic heterocycles. The van der Waals surface area contributed by atoms with Crippen molar-refractivity contribution in [2.45, 2.75) is 26.2 Å². The van der Waals surface area contributed by atoms with Gasteiger partial charge in [-0.1, -0.05) is 18.3 Å². The Kier molecular flexibility index (Phi) is 5.81. The molecule has 1 saturated carbocycles. The van der Waals surface area contributed by atoms with Gasteiger partial charge in [0.2, 0.25) is 0 Å². The maximum absolute atomic E-state index is 12.3. The molecule has 0 atom stereocenters. The van der Waals surface area contributed by atoms with Gasteiger partial charge in [-0.3, -0.25) is 4.79 Å². The molecule has 1 fully saturated rings. The summed E-state index contributed by atoms with van der Waals surface area (Å²) in [5.74, 6) is 0.953. The van der Waals surface area contributed by atoms with Crippen molar-refractivity contribution in [3.63, 3.8) is 0 Å². The third-order valence-electron chi connectivity index (χ3n) is 3.34. The molecule has 0 unspecified atom stereocenters. The van der Waals surface area contributed by atoms with Crippen LogP contribution in [0.15, 0.2) is 0 Å². The first-order chi connectivity index (χ1) is 10.1. The summed E-state index contributed by atoms with van der Waals surface area (Å²) in [6, 6.07) is 0. The fourth-order valence-corrected chi connectivity index (χ4v) is 2.71. The molecule has 3 N–H and O–H groups in total. The summed E-state index contributed by atoms with van der Waals surface area (Å²) in [6.07, 6.45) is 3.56. The van der Waals surface area contributed by atoms with Gasteiger partial charge in [0.05, 0.1) is 6.61 Å². The topological polar surface area (TPSA) is 80.5 Å². The number of hydrogen-bond donors (Lipinski definition) is 2. The van der Waals surface area contributed by atoms with Crippen molar-refractivity contribution in [3.8, 4) is 0 Å². The molecule has 0 saturated heterocycles. The molecule has 21 heavy (non-hydrogen) atoms. The number of hydrogen-bond acceptors (Lipinski definition) is 6. The average Bonchev–Trinajstić information content (AvgIpc) is 3.22. The summed E-state index contributed by atoms with van der Waals surface area (Å²) in [7, 11) is 1.77. The normalized spacial score (nSPS) is 14.2. The Bertz CT molecular complexity index is 474. The molecule has 0 radical (unpaired) electrons. The molecule has 1 aromatic rings. The highest BCUT2D eigenvalue weighted by Gasteiger charge is 2.22. The molecule has 0 aromatic carbocycles. The highest BCUT2D eigenvalue weighted by Crippen LogP contribution is 2.29. The minimum atomic E-state index is -0.0930. The molecule has 1 aromatic heterocycles. The van der Waals surface area contributed by atoms with Crippen molar-refractivity contribution in [1.82, 2.24) is 9.88 Å². The number of nitrogens with one attached hydrogen (secondary N) is 1. The summed E-state index contributed by atoms with van der Waals surface area (Å²) >= 11 is 1.31. The predicted octanol–water partition coefficient (Wildman–Crippen LogP) is 2.05. The number of carbonyl (C=O) groups excluding carboxylic acids is 1. The van der Waals surface area contributed by atoms with E-state index in [9.17, 15) is 4.79 Å². The van der Waals surface area contributed by atoms with E-state index in [4.69, 9.17) is 10.5 Å². The van der Waals surface area contributed by atoms with Crippen molar-refractivity contribution >= 4 is 28.2 Å². The van der Waals surface area contributed by atoms with Gasteiger partial charge >= 0.3 is 0 Å². The summed E-state index contributed by atoms with van der Waals surface area (Å²) in [5, 5.41) is 3.86. The number of aromatic nitrogens is 1. The molecule has 0 spiro atoms. The number of anilines is 2. The second-order valence-electron chi connectivity index (χ2n) is 5.41. The Morgan fingerprint density at radius 1 is 1.57 bits per heavy atom. The second-order valence-corrected chi connectivity index (χ2v) is 6.40. The van der Waals surface area contributed by atoms with E-state index in [0.717, 1.165) is 25.5 Å². The van der Waals surface area contributed by atoms with Crippen LogP contribution in [-0.4, -0.2) is 49.1 Å². The van der Waals surface area contributed by atoms with Crippen LogP contribution in [0.1, 0.15) is 35.9 Å². The number of rotatable bonds is 9. The zero-order valence-corrected chi connectivity index (χ0v) is 13.5. The van der Waals surface area contributed by atoms with E-state index < -0.39 is 0 Å². The standard InChI is InChI=1S/C14H24N4O2S/c1-3-6-16-14-17-12(15)11(21-14)13(19)18(2)7-8-20-9-10-4-5-10/h10H,3-9,15H2,1-2H3,(H,16,17). The SMILES string of the molecule is CCCNc1nc(N)c(C(=O)N(C)CCOCC2CC2)s1. The van der Waals surface area contributed by atoms with Gasteiger partial charge in [0, 0.05) is 26.7 Å². The van der Waals surface area contributed by atoms with Crippen LogP contribution >= 0.6 is 11.3 Å². The van der Waals surface area contributed by atoms with Gasteiger partial charge in [-0.25, -0.2) is 4.98 Å². The number of nitrogens with zero attached hydrogens (tertiary/aromatic N) is 2. The molecule has 0 bridgehead atoms. The monoisotopic (exact) mass is 312 g/mol. The van der Waals surface area contributed by atoms with Gasteiger partial charge in [-0.05, 0) is 25.2 Å². The molecule has 6 nitrogen and oxygen atoms in total. The zero-order chi connectivity index (χ0) is 15.2. The van der Waals surface area contributed by atoms with Gasteiger partial charge < -0.3 is 20.7 Å². The summed E-state index contributed by atoms with van der Waals surface area (Å²) in [4.78, 5) is 18.6. The largest absolute Gasteiger partial charge is 0.382 e.